The Morgan fingerprint density at radius 2 is 2.12 bits per heavy atom. The lowest BCUT2D eigenvalue weighted by Gasteiger charge is -2.36. The number of aliphatic hydroxyl groups is 1. The first kappa shape index (κ1) is 18.4. The molecule has 1 aliphatic rings. The van der Waals surface area contributed by atoms with Gasteiger partial charge < -0.3 is 15.3 Å². The van der Waals surface area contributed by atoms with Gasteiger partial charge in [-0.1, -0.05) is 17.7 Å². The minimum absolute atomic E-state index is 0.153. The van der Waals surface area contributed by atoms with E-state index in [1.807, 2.05) is 6.92 Å². The Morgan fingerprint density at radius 1 is 1.31 bits per heavy atom. The number of rotatable bonds is 3. The highest BCUT2D eigenvalue weighted by atomic mass is 35.5. The van der Waals surface area contributed by atoms with Gasteiger partial charge in [-0.15, -0.1) is 0 Å². The number of pyridine rings is 1. The molecule has 0 saturated carbocycles. The Morgan fingerprint density at radius 3 is 2.77 bits per heavy atom. The van der Waals surface area contributed by atoms with Crippen LogP contribution in [0.5, 0.6) is 0 Å². The van der Waals surface area contributed by atoms with E-state index in [4.69, 9.17) is 11.6 Å². The Balaban J connectivity index is 1.61. The molecular weight excluding hydrogens is 354 g/mol. The van der Waals surface area contributed by atoms with Crippen molar-refractivity contribution in [2.75, 3.05) is 13.1 Å². The second-order valence-corrected chi connectivity index (χ2v) is 6.77. The van der Waals surface area contributed by atoms with E-state index in [1.165, 1.54) is 0 Å². The maximum absolute atomic E-state index is 12.4. The van der Waals surface area contributed by atoms with Gasteiger partial charge in [0.1, 0.15) is 5.69 Å². The number of nitrogens with zero attached hydrogens (tertiary/aromatic N) is 2. The lowest BCUT2D eigenvalue weighted by molar-refractivity contribution is 0.0311. The van der Waals surface area contributed by atoms with Crippen LogP contribution in [0.1, 0.15) is 32.8 Å². The third kappa shape index (κ3) is 4.03. The smallest absolute Gasteiger partial charge is 0.272 e. The van der Waals surface area contributed by atoms with Gasteiger partial charge in [0.2, 0.25) is 0 Å². The summed E-state index contributed by atoms with van der Waals surface area (Å²) >= 11 is 5.98. The molecule has 0 spiro atoms. The normalized spacial score (nSPS) is 19.9. The summed E-state index contributed by atoms with van der Waals surface area (Å²) in [4.78, 5) is 30.4. The summed E-state index contributed by atoms with van der Waals surface area (Å²) in [6.07, 6.45) is 1.19. The third-order valence-electron chi connectivity index (χ3n) is 4.49. The van der Waals surface area contributed by atoms with Gasteiger partial charge in [-0.05, 0) is 49.2 Å². The number of β-amino-alcohol motifs (C(OH)–C–C–N with tert-alkyl or cyclic N) is 1. The van der Waals surface area contributed by atoms with Crippen LogP contribution in [-0.4, -0.2) is 52.0 Å². The molecule has 7 heteroatoms. The van der Waals surface area contributed by atoms with Crippen molar-refractivity contribution in [3.8, 4) is 0 Å². The predicted molar refractivity (Wildman–Crippen MR) is 98.2 cm³/mol. The highest BCUT2D eigenvalue weighted by molar-refractivity contribution is 6.31. The molecular formula is C19H20ClN3O3. The number of aryl methyl sites for hydroxylation is 1. The van der Waals surface area contributed by atoms with Crippen LogP contribution in [0.2, 0.25) is 5.02 Å². The Kier molecular flexibility index (Phi) is 5.54. The summed E-state index contributed by atoms with van der Waals surface area (Å²) in [7, 11) is 0. The van der Waals surface area contributed by atoms with Gasteiger partial charge in [-0.25, -0.2) is 0 Å². The van der Waals surface area contributed by atoms with E-state index in [-0.39, 0.29) is 18.4 Å². The number of likely N-dealkylation sites (tertiary alicyclic amines) is 1. The van der Waals surface area contributed by atoms with Gasteiger partial charge in [0.25, 0.3) is 11.8 Å². The maximum Gasteiger partial charge on any atom is 0.272 e. The molecule has 2 N–H and O–H groups in total. The topological polar surface area (TPSA) is 82.5 Å². The molecule has 2 heterocycles. The van der Waals surface area contributed by atoms with Crippen molar-refractivity contribution in [3.05, 3.63) is 64.4 Å². The maximum atomic E-state index is 12.4. The number of aromatic nitrogens is 1. The molecule has 1 aromatic heterocycles. The van der Waals surface area contributed by atoms with Gasteiger partial charge in [0.15, 0.2) is 0 Å². The molecule has 3 rings (SSSR count). The summed E-state index contributed by atoms with van der Waals surface area (Å²) in [5, 5.41) is 13.8. The SMILES string of the molecule is Cc1cc(C(=O)N[C@@H]2CCN(C(=O)c3ccccn3)C[C@H]2O)ccc1Cl. The van der Waals surface area contributed by atoms with Crippen molar-refractivity contribution < 1.29 is 14.7 Å². The zero-order chi connectivity index (χ0) is 18.7. The van der Waals surface area contributed by atoms with Crippen molar-refractivity contribution >= 4 is 23.4 Å². The highest BCUT2D eigenvalue weighted by Crippen LogP contribution is 2.18. The fourth-order valence-electron chi connectivity index (χ4n) is 2.97. The molecule has 26 heavy (non-hydrogen) atoms. The number of carbonyl (C=O) groups excluding carboxylic acids is 2. The van der Waals surface area contributed by atoms with Crippen LogP contribution in [0.3, 0.4) is 0 Å². The van der Waals surface area contributed by atoms with Crippen molar-refractivity contribution in [2.45, 2.75) is 25.5 Å². The minimum Gasteiger partial charge on any atom is -0.389 e. The van der Waals surface area contributed by atoms with Crippen LogP contribution in [0.4, 0.5) is 0 Å². The number of piperidine rings is 1. The van der Waals surface area contributed by atoms with Gasteiger partial charge >= 0.3 is 0 Å². The molecule has 2 aromatic rings. The molecule has 6 nitrogen and oxygen atoms in total. The first-order chi connectivity index (χ1) is 12.5. The van der Waals surface area contributed by atoms with Crippen LogP contribution in [0, 0.1) is 6.92 Å². The quantitative estimate of drug-likeness (QED) is 0.862. The summed E-state index contributed by atoms with van der Waals surface area (Å²) in [6.45, 7) is 2.42. The molecule has 0 aliphatic carbocycles. The van der Waals surface area contributed by atoms with Crippen molar-refractivity contribution in [2.24, 2.45) is 0 Å². The number of aliphatic hydroxyl groups excluding tert-OH is 1. The van der Waals surface area contributed by atoms with E-state index in [2.05, 4.69) is 10.3 Å². The average molecular weight is 374 g/mol. The molecule has 0 bridgehead atoms. The van der Waals surface area contributed by atoms with E-state index in [0.29, 0.717) is 29.2 Å². The van der Waals surface area contributed by atoms with E-state index in [9.17, 15) is 14.7 Å². The Bertz CT molecular complexity index is 813. The van der Waals surface area contributed by atoms with Crippen LogP contribution in [-0.2, 0) is 0 Å². The second kappa shape index (κ2) is 7.85. The Labute approximate surface area is 156 Å². The minimum atomic E-state index is -0.839. The lowest BCUT2D eigenvalue weighted by Crippen LogP contribution is -2.55. The third-order valence-corrected chi connectivity index (χ3v) is 4.91. The largest absolute Gasteiger partial charge is 0.389 e. The van der Waals surface area contributed by atoms with Crippen LogP contribution >= 0.6 is 11.6 Å². The van der Waals surface area contributed by atoms with Gasteiger partial charge in [0, 0.05) is 29.9 Å². The molecule has 1 aliphatic heterocycles. The van der Waals surface area contributed by atoms with E-state index in [0.717, 1.165) is 5.56 Å². The van der Waals surface area contributed by atoms with E-state index in [1.54, 1.807) is 47.5 Å². The van der Waals surface area contributed by atoms with Gasteiger partial charge in [-0.2, -0.15) is 0 Å². The first-order valence-electron chi connectivity index (χ1n) is 8.41. The monoisotopic (exact) mass is 373 g/mol. The zero-order valence-electron chi connectivity index (χ0n) is 14.4. The average Bonchev–Trinajstić information content (AvgIpc) is 2.65. The molecule has 1 aromatic carbocycles. The molecule has 1 fully saturated rings. The van der Waals surface area contributed by atoms with Crippen molar-refractivity contribution in [1.82, 2.24) is 15.2 Å². The number of nitrogens with one attached hydrogen (secondary N) is 1. The zero-order valence-corrected chi connectivity index (χ0v) is 15.1. The number of hydrogen-bond donors (Lipinski definition) is 2. The van der Waals surface area contributed by atoms with E-state index >= 15 is 0 Å². The molecule has 136 valence electrons. The highest BCUT2D eigenvalue weighted by Gasteiger charge is 2.32. The number of halogens is 1. The predicted octanol–water partition coefficient (Wildman–Crippen LogP) is 2.05. The molecule has 1 saturated heterocycles. The second-order valence-electron chi connectivity index (χ2n) is 6.37. The fraction of sp³-hybridized carbons (Fsp3) is 0.316. The molecule has 2 amide bonds. The fourth-order valence-corrected chi connectivity index (χ4v) is 3.09. The standard InChI is InChI=1S/C19H20ClN3O3/c1-12-10-13(5-6-14(12)20)18(25)22-15-7-9-23(11-17(15)24)19(26)16-4-2-3-8-21-16/h2-6,8,10,15,17,24H,7,9,11H2,1H3,(H,22,25)/t15-,17-/m1/s1. The van der Waals surface area contributed by atoms with Crippen molar-refractivity contribution in [1.29, 1.82) is 0 Å². The van der Waals surface area contributed by atoms with Crippen LogP contribution in [0.25, 0.3) is 0 Å². The number of hydrogen-bond acceptors (Lipinski definition) is 4. The summed E-state index contributed by atoms with van der Waals surface area (Å²) in [5.41, 5.74) is 1.65. The van der Waals surface area contributed by atoms with Gasteiger partial charge in [-0.3, -0.25) is 14.6 Å². The van der Waals surface area contributed by atoms with Gasteiger partial charge in [0.05, 0.1) is 12.1 Å². The van der Waals surface area contributed by atoms with Crippen molar-refractivity contribution in [3.63, 3.8) is 0 Å². The number of amides is 2. The summed E-state index contributed by atoms with van der Waals surface area (Å²) in [6, 6.07) is 9.76. The lowest BCUT2D eigenvalue weighted by atomic mass is 10.0. The van der Waals surface area contributed by atoms with Crippen LogP contribution < -0.4 is 5.32 Å². The molecule has 2 atom stereocenters. The number of carbonyl (C=O) groups is 2. The first-order valence-corrected chi connectivity index (χ1v) is 8.79. The molecule has 0 unspecified atom stereocenters. The number of benzene rings is 1. The van der Waals surface area contributed by atoms with Crippen LogP contribution in [0.15, 0.2) is 42.6 Å². The Hall–Kier alpha value is -2.44. The van der Waals surface area contributed by atoms with E-state index < -0.39 is 12.1 Å². The summed E-state index contributed by atoms with van der Waals surface area (Å²) < 4.78 is 0. The summed E-state index contributed by atoms with van der Waals surface area (Å²) in [5.74, 6) is -0.485. The molecule has 0 radical (unpaired) electrons.